The van der Waals surface area contributed by atoms with E-state index >= 15 is 0 Å². The molecule has 0 spiro atoms. The van der Waals surface area contributed by atoms with E-state index in [0.29, 0.717) is 39.0 Å². The van der Waals surface area contributed by atoms with Crippen LogP contribution < -0.4 is 0 Å². The molecule has 0 aromatic heterocycles. The quantitative estimate of drug-likeness (QED) is 0.588. The topological polar surface area (TPSA) is 80.8 Å². The summed E-state index contributed by atoms with van der Waals surface area (Å²) in [6.07, 6.45) is 2.44. The van der Waals surface area contributed by atoms with E-state index in [2.05, 4.69) is 0 Å². The SMILES string of the molecule is CS(=O)(=O)c1cc(C2CN(C(=O)CC[C@@H]3COC(=O)C3)C2)ccc1-c1ccc(Cl)cc1F. The van der Waals surface area contributed by atoms with Crippen molar-refractivity contribution in [2.24, 2.45) is 5.92 Å². The van der Waals surface area contributed by atoms with Crippen molar-refractivity contribution < 1.29 is 27.1 Å². The number of hydrogen-bond acceptors (Lipinski definition) is 5. The third-order valence-corrected chi connectivity index (χ3v) is 7.41. The van der Waals surface area contributed by atoms with E-state index < -0.39 is 15.7 Å². The molecule has 2 fully saturated rings. The van der Waals surface area contributed by atoms with E-state index in [1.54, 1.807) is 23.1 Å². The molecule has 6 nitrogen and oxygen atoms in total. The van der Waals surface area contributed by atoms with Gasteiger partial charge in [-0.05, 0) is 36.2 Å². The van der Waals surface area contributed by atoms with Crippen molar-refractivity contribution >= 4 is 33.3 Å². The summed E-state index contributed by atoms with van der Waals surface area (Å²) in [5.41, 5.74) is 1.24. The lowest BCUT2D eigenvalue weighted by Gasteiger charge is -2.40. The van der Waals surface area contributed by atoms with Gasteiger partial charge in [-0.25, -0.2) is 12.8 Å². The largest absolute Gasteiger partial charge is 0.465 e. The molecule has 2 aromatic rings. The molecular formula is C23H23ClFNO5S. The zero-order valence-corrected chi connectivity index (χ0v) is 19.1. The Morgan fingerprint density at radius 3 is 2.53 bits per heavy atom. The lowest BCUT2D eigenvalue weighted by molar-refractivity contribution is -0.138. The average molecular weight is 480 g/mol. The van der Waals surface area contributed by atoms with E-state index in [1.807, 2.05) is 0 Å². The summed E-state index contributed by atoms with van der Waals surface area (Å²) in [5.74, 6) is -0.676. The van der Waals surface area contributed by atoms with Gasteiger partial charge in [-0.1, -0.05) is 23.7 Å². The number of carbonyl (C=O) groups excluding carboxylic acids is 2. The van der Waals surface area contributed by atoms with Gasteiger partial charge in [0.2, 0.25) is 5.91 Å². The predicted octanol–water partition coefficient (Wildman–Crippen LogP) is 3.82. The van der Waals surface area contributed by atoms with Crippen LogP contribution in [-0.4, -0.2) is 51.1 Å². The van der Waals surface area contributed by atoms with E-state index in [9.17, 15) is 22.4 Å². The average Bonchev–Trinajstić information content (AvgIpc) is 3.10. The van der Waals surface area contributed by atoms with E-state index in [4.69, 9.17) is 16.3 Å². The van der Waals surface area contributed by atoms with Crippen LogP contribution >= 0.6 is 11.6 Å². The number of ether oxygens (including phenoxy) is 1. The minimum atomic E-state index is -3.62. The summed E-state index contributed by atoms with van der Waals surface area (Å²) >= 11 is 5.82. The first kappa shape index (κ1) is 22.7. The first-order valence-electron chi connectivity index (χ1n) is 10.3. The minimum Gasteiger partial charge on any atom is -0.465 e. The van der Waals surface area contributed by atoms with Gasteiger partial charge in [0.1, 0.15) is 5.82 Å². The van der Waals surface area contributed by atoms with Crippen molar-refractivity contribution in [2.45, 2.75) is 30.1 Å². The zero-order valence-electron chi connectivity index (χ0n) is 17.5. The second kappa shape index (κ2) is 8.83. The van der Waals surface area contributed by atoms with Gasteiger partial charge < -0.3 is 9.64 Å². The number of benzene rings is 2. The Morgan fingerprint density at radius 1 is 1.19 bits per heavy atom. The Morgan fingerprint density at radius 2 is 1.91 bits per heavy atom. The monoisotopic (exact) mass is 479 g/mol. The summed E-state index contributed by atoms with van der Waals surface area (Å²) in [6.45, 7) is 1.37. The molecular weight excluding hydrogens is 457 g/mol. The van der Waals surface area contributed by atoms with Crippen molar-refractivity contribution in [1.82, 2.24) is 4.90 Å². The number of likely N-dealkylation sites (tertiary alicyclic amines) is 1. The van der Waals surface area contributed by atoms with Crippen molar-refractivity contribution in [3.05, 3.63) is 52.8 Å². The number of rotatable bonds is 6. The molecule has 32 heavy (non-hydrogen) atoms. The van der Waals surface area contributed by atoms with Crippen LogP contribution in [0, 0.1) is 11.7 Å². The normalized spacial score (nSPS) is 19.0. The molecule has 2 aromatic carbocycles. The van der Waals surface area contributed by atoms with E-state index in [0.717, 1.165) is 17.9 Å². The van der Waals surface area contributed by atoms with Gasteiger partial charge in [-0.15, -0.1) is 0 Å². The molecule has 0 radical (unpaired) electrons. The van der Waals surface area contributed by atoms with Gasteiger partial charge in [-0.3, -0.25) is 9.59 Å². The van der Waals surface area contributed by atoms with Crippen LogP contribution in [0.5, 0.6) is 0 Å². The molecule has 0 bridgehead atoms. The number of cyclic esters (lactones) is 1. The number of halogens is 2. The van der Waals surface area contributed by atoms with E-state index in [-0.39, 0.29) is 44.8 Å². The summed E-state index contributed by atoms with van der Waals surface area (Å²) in [4.78, 5) is 25.4. The van der Waals surface area contributed by atoms with Crippen molar-refractivity contribution in [3.8, 4) is 11.1 Å². The fourth-order valence-corrected chi connectivity index (χ4v) is 5.24. The predicted molar refractivity (Wildman–Crippen MR) is 118 cm³/mol. The standard InChI is InChI=1S/C23H23ClFNO5S/c1-32(29,30)21-9-15(3-5-19(21)18-6-4-17(24)10-20(18)25)16-11-26(12-16)22(27)7-2-14-8-23(28)31-13-14/h3-6,9-10,14,16H,2,7-8,11-13H2,1H3/t14-/m0/s1. The third-order valence-electron chi connectivity index (χ3n) is 6.03. The van der Waals surface area contributed by atoms with Crippen LogP contribution in [0.1, 0.15) is 30.7 Å². The summed E-state index contributed by atoms with van der Waals surface area (Å²) in [5, 5.41) is 0.232. The third kappa shape index (κ3) is 4.81. The van der Waals surface area contributed by atoms with Crippen LogP contribution in [0.25, 0.3) is 11.1 Å². The number of nitrogens with zero attached hydrogens (tertiary/aromatic N) is 1. The van der Waals surface area contributed by atoms with Crippen molar-refractivity contribution in [2.75, 3.05) is 26.0 Å². The molecule has 0 saturated carbocycles. The Hall–Kier alpha value is -2.45. The first-order valence-corrected chi connectivity index (χ1v) is 12.6. The molecule has 2 heterocycles. The highest BCUT2D eigenvalue weighted by Crippen LogP contribution is 2.36. The summed E-state index contributed by atoms with van der Waals surface area (Å²) in [7, 11) is -3.62. The van der Waals surface area contributed by atoms with Gasteiger partial charge in [0, 0.05) is 53.8 Å². The number of hydrogen-bond donors (Lipinski definition) is 0. The lowest BCUT2D eigenvalue weighted by atomic mass is 9.89. The lowest BCUT2D eigenvalue weighted by Crippen LogP contribution is -2.48. The second-order valence-electron chi connectivity index (χ2n) is 8.44. The van der Waals surface area contributed by atoms with Gasteiger partial charge in [0.15, 0.2) is 9.84 Å². The van der Waals surface area contributed by atoms with Crippen LogP contribution in [0.4, 0.5) is 4.39 Å². The highest BCUT2D eigenvalue weighted by Gasteiger charge is 2.33. The highest BCUT2D eigenvalue weighted by atomic mass is 35.5. The molecule has 2 saturated heterocycles. The smallest absolute Gasteiger partial charge is 0.306 e. The van der Waals surface area contributed by atoms with Gasteiger partial charge >= 0.3 is 5.97 Å². The molecule has 0 unspecified atom stereocenters. The molecule has 4 rings (SSSR count). The number of amides is 1. The molecule has 0 N–H and O–H groups in total. The molecule has 2 aliphatic heterocycles. The summed E-state index contributed by atoms with van der Waals surface area (Å²) < 4.78 is 44.3. The van der Waals surface area contributed by atoms with Crippen LogP contribution in [0.2, 0.25) is 5.02 Å². The maximum Gasteiger partial charge on any atom is 0.306 e. The maximum atomic E-state index is 14.4. The van der Waals surface area contributed by atoms with Crippen molar-refractivity contribution in [1.29, 1.82) is 0 Å². The summed E-state index contributed by atoms with van der Waals surface area (Å²) in [6, 6.07) is 9.11. The minimum absolute atomic E-state index is 0.0138. The van der Waals surface area contributed by atoms with Crippen LogP contribution in [0.3, 0.4) is 0 Å². The highest BCUT2D eigenvalue weighted by molar-refractivity contribution is 7.90. The second-order valence-corrected chi connectivity index (χ2v) is 10.9. The molecule has 170 valence electrons. The fraction of sp³-hybridized carbons (Fsp3) is 0.391. The van der Waals surface area contributed by atoms with Crippen LogP contribution in [0.15, 0.2) is 41.3 Å². The Kier molecular flexibility index (Phi) is 6.27. The van der Waals surface area contributed by atoms with E-state index in [1.165, 1.54) is 12.1 Å². The molecule has 1 amide bonds. The van der Waals surface area contributed by atoms with Gasteiger partial charge in [0.25, 0.3) is 0 Å². The molecule has 9 heteroatoms. The van der Waals surface area contributed by atoms with Crippen LogP contribution in [-0.2, 0) is 24.2 Å². The molecule has 1 atom stereocenters. The molecule has 2 aliphatic rings. The van der Waals surface area contributed by atoms with Gasteiger partial charge in [-0.2, -0.15) is 0 Å². The Balaban J connectivity index is 1.46. The number of sulfone groups is 1. The maximum absolute atomic E-state index is 14.4. The number of carbonyl (C=O) groups is 2. The Labute approximate surface area is 191 Å². The number of esters is 1. The van der Waals surface area contributed by atoms with Crippen molar-refractivity contribution in [3.63, 3.8) is 0 Å². The molecule has 0 aliphatic carbocycles. The zero-order chi connectivity index (χ0) is 23.0. The Bertz CT molecular complexity index is 1180. The van der Waals surface area contributed by atoms with Gasteiger partial charge in [0.05, 0.1) is 17.9 Å². The first-order chi connectivity index (χ1) is 15.1. The fourth-order valence-electron chi connectivity index (χ4n) is 4.16.